The highest BCUT2D eigenvalue weighted by Gasteiger charge is 2.21. The Bertz CT molecular complexity index is 569. The number of sulfonamides is 1. The topological polar surface area (TPSA) is 89.7 Å². The van der Waals surface area contributed by atoms with Crippen LogP contribution in [-0.2, 0) is 14.8 Å². The summed E-state index contributed by atoms with van der Waals surface area (Å²) in [5, 5.41) is 5.11. The summed E-state index contributed by atoms with van der Waals surface area (Å²) in [4.78, 5) is 13.5. The maximum Gasteiger partial charge on any atom is 0.255 e. The Morgan fingerprint density at radius 1 is 1.35 bits per heavy atom. The monoisotopic (exact) mass is 300 g/mol. The molecule has 0 heterocycles. The first-order valence-electron chi connectivity index (χ1n) is 6.22. The Morgan fingerprint density at radius 3 is 2.50 bits per heavy atom. The van der Waals surface area contributed by atoms with Gasteiger partial charge in [-0.25, -0.2) is 13.6 Å². The highest BCUT2D eigenvalue weighted by atomic mass is 32.2. The third kappa shape index (κ3) is 4.59. The molecule has 1 aromatic carbocycles. The van der Waals surface area contributed by atoms with Gasteiger partial charge in [-0.05, 0) is 26.0 Å². The molecule has 1 amide bonds. The minimum absolute atomic E-state index is 0.0713. The molecule has 1 aromatic rings. The highest BCUT2D eigenvalue weighted by molar-refractivity contribution is 7.89. The number of carbonyl (C=O) groups is 1. The zero-order valence-corrected chi connectivity index (χ0v) is 12.7. The van der Waals surface area contributed by atoms with Crippen molar-refractivity contribution < 1.29 is 17.9 Å². The second kappa shape index (κ2) is 6.83. The predicted octanol–water partition coefficient (Wildman–Crippen LogP) is 0.831. The number of nitrogens with two attached hydrogens (primary N) is 1. The van der Waals surface area contributed by atoms with Gasteiger partial charge in [0.05, 0.1) is 23.2 Å². The van der Waals surface area contributed by atoms with Crippen molar-refractivity contribution in [1.29, 1.82) is 0 Å². The number of amides is 1. The molecule has 112 valence electrons. The molecular formula is C13H20N2O4S. The number of hydrogen-bond donors (Lipinski definition) is 1. The molecule has 0 bridgehead atoms. The van der Waals surface area contributed by atoms with Crippen LogP contribution in [0.4, 0.5) is 0 Å². The highest BCUT2D eigenvalue weighted by Crippen LogP contribution is 2.15. The molecule has 1 rings (SSSR count). The zero-order valence-electron chi connectivity index (χ0n) is 11.9. The fourth-order valence-corrected chi connectivity index (χ4v) is 2.35. The lowest BCUT2D eigenvalue weighted by Gasteiger charge is -2.19. The molecule has 0 fully saturated rings. The number of nitrogens with zero attached hydrogens (tertiary/aromatic N) is 1. The molecule has 0 saturated heterocycles. The van der Waals surface area contributed by atoms with E-state index in [0.29, 0.717) is 13.2 Å². The van der Waals surface area contributed by atoms with Crippen molar-refractivity contribution in [2.24, 2.45) is 5.14 Å². The standard InChI is InChI=1S/C13H20N2O4S/c1-10(2)19-9-8-15(3)13(16)11-6-4-5-7-12(11)20(14,17)18/h4-7,10H,8-9H2,1-3H3,(H2,14,17,18). The summed E-state index contributed by atoms with van der Waals surface area (Å²) in [5.41, 5.74) is 0.0713. The minimum atomic E-state index is -3.92. The number of hydrogen-bond acceptors (Lipinski definition) is 4. The number of ether oxygens (including phenoxy) is 1. The van der Waals surface area contributed by atoms with Crippen molar-refractivity contribution in [2.75, 3.05) is 20.2 Å². The van der Waals surface area contributed by atoms with Crippen LogP contribution in [-0.4, -0.2) is 45.5 Å². The number of primary sulfonamides is 1. The molecule has 0 aliphatic carbocycles. The van der Waals surface area contributed by atoms with Crippen molar-refractivity contribution in [3.8, 4) is 0 Å². The number of likely N-dealkylation sites (N-methyl/N-ethyl adjacent to an activating group) is 1. The van der Waals surface area contributed by atoms with Crippen molar-refractivity contribution in [1.82, 2.24) is 4.90 Å². The summed E-state index contributed by atoms with van der Waals surface area (Å²) in [6.07, 6.45) is 0.0789. The Balaban J connectivity index is 2.87. The second-order valence-electron chi connectivity index (χ2n) is 4.69. The Kier molecular flexibility index (Phi) is 5.67. The van der Waals surface area contributed by atoms with Gasteiger partial charge in [-0.15, -0.1) is 0 Å². The molecule has 2 N–H and O–H groups in total. The van der Waals surface area contributed by atoms with E-state index >= 15 is 0 Å². The molecular weight excluding hydrogens is 280 g/mol. The summed E-state index contributed by atoms with van der Waals surface area (Å²) in [6.45, 7) is 4.56. The van der Waals surface area contributed by atoms with E-state index in [1.54, 1.807) is 13.1 Å². The summed E-state index contributed by atoms with van der Waals surface area (Å²) >= 11 is 0. The molecule has 0 atom stereocenters. The SMILES string of the molecule is CC(C)OCCN(C)C(=O)c1ccccc1S(N)(=O)=O. The lowest BCUT2D eigenvalue weighted by molar-refractivity contribution is 0.0530. The number of benzene rings is 1. The molecule has 0 radical (unpaired) electrons. The predicted molar refractivity (Wildman–Crippen MR) is 75.9 cm³/mol. The third-order valence-electron chi connectivity index (χ3n) is 2.65. The lowest BCUT2D eigenvalue weighted by atomic mass is 10.2. The molecule has 0 aliphatic rings. The molecule has 6 nitrogen and oxygen atoms in total. The van der Waals surface area contributed by atoms with Gasteiger partial charge in [-0.3, -0.25) is 4.79 Å². The Hall–Kier alpha value is -1.44. The Labute approximate surface area is 119 Å². The average molecular weight is 300 g/mol. The maximum atomic E-state index is 12.2. The van der Waals surface area contributed by atoms with Gasteiger partial charge in [-0.1, -0.05) is 12.1 Å². The van der Waals surface area contributed by atoms with Crippen molar-refractivity contribution in [3.05, 3.63) is 29.8 Å². The van der Waals surface area contributed by atoms with Crippen LogP contribution in [0.2, 0.25) is 0 Å². The Morgan fingerprint density at radius 2 is 1.95 bits per heavy atom. The van der Waals surface area contributed by atoms with Gasteiger partial charge < -0.3 is 9.64 Å². The fourth-order valence-electron chi connectivity index (χ4n) is 1.62. The molecule has 0 unspecified atom stereocenters. The molecule has 0 spiro atoms. The first-order valence-corrected chi connectivity index (χ1v) is 7.77. The van der Waals surface area contributed by atoms with E-state index in [1.165, 1.54) is 23.1 Å². The van der Waals surface area contributed by atoms with Gasteiger partial charge in [0.25, 0.3) is 5.91 Å². The van der Waals surface area contributed by atoms with Crippen molar-refractivity contribution in [3.63, 3.8) is 0 Å². The van der Waals surface area contributed by atoms with Crippen LogP contribution >= 0.6 is 0 Å². The van der Waals surface area contributed by atoms with Crippen LogP contribution < -0.4 is 5.14 Å². The van der Waals surface area contributed by atoms with Crippen LogP contribution in [0.25, 0.3) is 0 Å². The molecule has 0 aromatic heterocycles. The first kappa shape index (κ1) is 16.6. The van der Waals surface area contributed by atoms with E-state index in [0.717, 1.165) is 0 Å². The molecule has 0 aliphatic heterocycles. The van der Waals surface area contributed by atoms with Gasteiger partial charge in [0.2, 0.25) is 10.0 Å². The quantitative estimate of drug-likeness (QED) is 0.842. The normalized spacial score (nSPS) is 11.7. The van der Waals surface area contributed by atoms with Crippen molar-refractivity contribution >= 4 is 15.9 Å². The largest absolute Gasteiger partial charge is 0.377 e. The van der Waals surface area contributed by atoms with Crippen LogP contribution in [0.1, 0.15) is 24.2 Å². The lowest BCUT2D eigenvalue weighted by Crippen LogP contribution is -2.32. The third-order valence-corrected chi connectivity index (χ3v) is 3.62. The minimum Gasteiger partial charge on any atom is -0.377 e. The van der Waals surface area contributed by atoms with Crippen LogP contribution in [0.3, 0.4) is 0 Å². The van der Waals surface area contributed by atoms with E-state index in [2.05, 4.69) is 0 Å². The van der Waals surface area contributed by atoms with Gasteiger partial charge in [0.15, 0.2) is 0 Å². The molecule has 20 heavy (non-hydrogen) atoms. The summed E-state index contributed by atoms with van der Waals surface area (Å²) in [7, 11) is -2.34. The zero-order chi connectivity index (χ0) is 15.3. The smallest absolute Gasteiger partial charge is 0.255 e. The van der Waals surface area contributed by atoms with Crippen LogP contribution in [0.5, 0.6) is 0 Å². The molecule has 7 heteroatoms. The van der Waals surface area contributed by atoms with Gasteiger partial charge >= 0.3 is 0 Å². The average Bonchev–Trinajstić information content (AvgIpc) is 2.36. The number of carbonyl (C=O) groups excluding carboxylic acids is 1. The van der Waals surface area contributed by atoms with Gasteiger partial charge in [-0.2, -0.15) is 0 Å². The van der Waals surface area contributed by atoms with E-state index < -0.39 is 15.9 Å². The summed E-state index contributed by atoms with van der Waals surface area (Å²) in [6, 6.07) is 5.89. The van der Waals surface area contributed by atoms with E-state index in [-0.39, 0.29) is 16.6 Å². The fraction of sp³-hybridized carbons (Fsp3) is 0.462. The van der Waals surface area contributed by atoms with E-state index in [4.69, 9.17) is 9.88 Å². The van der Waals surface area contributed by atoms with Crippen LogP contribution in [0.15, 0.2) is 29.2 Å². The molecule has 0 saturated carbocycles. The van der Waals surface area contributed by atoms with Gasteiger partial charge in [0.1, 0.15) is 0 Å². The van der Waals surface area contributed by atoms with E-state index in [9.17, 15) is 13.2 Å². The first-order chi connectivity index (χ1) is 9.23. The summed E-state index contributed by atoms with van der Waals surface area (Å²) in [5.74, 6) is -0.401. The van der Waals surface area contributed by atoms with E-state index in [1.807, 2.05) is 13.8 Å². The number of rotatable bonds is 6. The summed E-state index contributed by atoms with van der Waals surface area (Å²) < 4.78 is 28.3. The van der Waals surface area contributed by atoms with Crippen molar-refractivity contribution in [2.45, 2.75) is 24.8 Å². The maximum absolute atomic E-state index is 12.2. The van der Waals surface area contributed by atoms with Crippen LogP contribution in [0, 0.1) is 0 Å². The van der Waals surface area contributed by atoms with Gasteiger partial charge in [0, 0.05) is 13.6 Å². The second-order valence-corrected chi connectivity index (χ2v) is 6.22.